The molecule has 0 atom stereocenters. The maximum Gasteiger partial charge on any atom is 0.416 e. The van der Waals surface area contributed by atoms with E-state index in [-0.39, 0.29) is 34.2 Å². The summed E-state index contributed by atoms with van der Waals surface area (Å²) in [5.41, 5.74) is -1.53. The fourth-order valence-electron chi connectivity index (χ4n) is 5.82. The predicted molar refractivity (Wildman–Crippen MR) is 147 cm³/mol. The minimum absolute atomic E-state index is 0.0716. The van der Waals surface area contributed by atoms with Gasteiger partial charge in [-0.2, -0.15) is 18.3 Å². The number of nitrogens with one attached hydrogen (secondary N) is 1. The molecule has 4 heterocycles. The number of amides is 1. The highest BCUT2D eigenvalue weighted by Gasteiger charge is 2.46. The summed E-state index contributed by atoms with van der Waals surface area (Å²) >= 11 is 0. The van der Waals surface area contributed by atoms with E-state index in [0.29, 0.717) is 53.9 Å². The molecule has 1 aliphatic carbocycles. The highest BCUT2D eigenvalue weighted by atomic mass is 19.4. The first-order valence-electron chi connectivity index (χ1n) is 13.4. The van der Waals surface area contributed by atoms with Crippen LogP contribution in [0.5, 0.6) is 5.75 Å². The predicted octanol–water partition coefficient (Wildman–Crippen LogP) is 6.33. The van der Waals surface area contributed by atoms with Crippen molar-refractivity contribution < 1.29 is 37.1 Å². The number of carbonyl (C=O) groups is 2. The lowest BCUT2D eigenvalue weighted by molar-refractivity contribution is -0.150. The molecule has 1 aliphatic heterocycles. The standard InChI is InChI=1S/C29H26F4N6O4/c1-27(5-7-28(2,8-6-27)26(41)42)25-37-21-20-17(39(33)23-22(21)38(25)11-10-35-23)12-15(13-18(20)43-3)24(40)36-19-14-16(4-9-34-19)29(30,31)32/h4,9-14H,5-8H2,1-3H3,(H,41,42)(H,34,36,40). The Kier molecular flexibility index (Phi) is 6.36. The van der Waals surface area contributed by atoms with Crippen molar-refractivity contribution in [3.05, 3.63) is 59.8 Å². The number of rotatable bonds is 5. The number of methoxy groups -OCH3 is 1. The second-order valence-corrected chi connectivity index (χ2v) is 11.4. The number of pyridine rings is 1. The fraction of sp³-hybridized carbons (Fsp3) is 0.345. The molecule has 0 unspecified atom stereocenters. The van der Waals surface area contributed by atoms with Crippen molar-refractivity contribution in [2.75, 3.05) is 17.5 Å². The smallest absolute Gasteiger partial charge is 0.416 e. The summed E-state index contributed by atoms with van der Waals surface area (Å²) in [4.78, 5) is 37.9. The number of halogens is 4. The number of anilines is 3. The number of aromatic nitrogens is 4. The van der Waals surface area contributed by atoms with Gasteiger partial charge < -0.3 is 15.2 Å². The van der Waals surface area contributed by atoms with Crippen LogP contribution < -0.4 is 15.2 Å². The average Bonchev–Trinajstić information content (AvgIpc) is 3.37. The summed E-state index contributed by atoms with van der Waals surface area (Å²) in [6.45, 7) is 3.74. The number of hydrogen-bond acceptors (Lipinski definition) is 7. The Balaban J connectivity index is 1.42. The number of hydrogen-bond donors (Lipinski definition) is 2. The number of carboxylic acid groups (broad SMARTS) is 1. The van der Waals surface area contributed by atoms with Crippen LogP contribution in [0.3, 0.4) is 0 Å². The van der Waals surface area contributed by atoms with Gasteiger partial charge in [0.05, 0.1) is 29.3 Å². The summed E-state index contributed by atoms with van der Waals surface area (Å²) in [7, 11) is 1.34. The zero-order valence-corrected chi connectivity index (χ0v) is 23.3. The number of imidazole rings is 1. The number of benzene rings is 1. The molecule has 1 amide bonds. The lowest BCUT2D eigenvalue weighted by atomic mass is 9.65. The molecular weight excluding hydrogens is 572 g/mol. The molecule has 0 radical (unpaired) electrons. The van der Waals surface area contributed by atoms with Gasteiger partial charge in [-0.15, -0.1) is 0 Å². The quantitative estimate of drug-likeness (QED) is 0.202. The molecule has 10 nitrogen and oxygen atoms in total. The number of nitrogens with zero attached hydrogens (tertiary/aromatic N) is 5. The Bertz CT molecular complexity index is 1800. The largest absolute Gasteiger partial charge is 0.496 e. The number of ether oxygens (including phenoxy) is 1. The second kappa shape index (κ2) is 9.64. The van der Waals surface area contributed by atoms with Crippen molar-refractivity contribution >= 4 is 34.7 Å². The van der Waals surface area contributed by atoms with E-state index in [9.17, 15) is 27.9 Å². The molecule has 4 aromatic rings. The van der Waals surface area contributed by atoms with Crippen LogP contribution in [-0.4, -0.2) is 43.4 Å². The summed E-state index contributed by atoms with van der Waals surface area (Å²) < 4.78 is 62.8. The number of aliphatic carboxylic acids is 1. The highest BCUT2D eigenvalue weighted by Crippen LogP contribution is 2.52. The number of carboxylic acids is 1. The molecule has 0 saturated heterocycles. The Morgan fingerprint density at radius 3 is 2.44 bits per heavy atom. The summed E-state index contributed by atoms with van der Waals surface area (Å²) in [6, 6.07) is 4.07. The van der Waals surface area contributed by atoms with Gasteiger partial charge in [0, 0.05) is 29.6 Å². The molecule has 3 aromatic heterocycles. The lowest BCUT2D eigenvalue weighted by Gasteiger charge is -2.40. The number of alkyl halides is 3. The van der Waals surface area contributed by atoms with Gasteiger partial charge in [0.1, 0.15) is 28.6 Å². The van der Waals surface area contributed by atoms with Crippen molar-refractivity contribution in [3.63, 3.8) is 0 Å². The van der Waals surface area contributed by atoms with Gasteiger partial charge in [-0.05, 0) is 56.9 Å². The molecule has 1 fully saturated rings. The Labute approximate surface area is 242 Å². The molecule has 0 spiro atoms. The van der Waals surface area contributed by atoms with E-state index in [1.54, 1.807) is 17.5 Å². The van der Waals surface area contributed by atoms with Crippen molar-refractivity contribution in [1.82, 2.24) is 19.4 Å². The van der Waals surface area contributed by atoms with Gasteiger partial charge in [-0.25, -0.2) is 15.0 Å². The maximum atomic E-state index is 16.1. The molecule has 0 bridgehead atoms. The van der Waals surface area contributed by atoms with E-state index in [2.05, 4.69) is 15.3 Å². The third kappa shape index (κ3) is 4.51. The van der Waals surface area contributed by atoms with E-state index in [1.807, 2.05) is 6.92 Å². The molecule has 43 heavy (non-hydrogen) atoms. The van der Waals surface area contributed by atoms with Gasteiger partial charge in [-0.1, -0.05) is 11.4 Å². The first-order valence-corrected chi connectivity index (χ1v) is 13.4. The van der Waals surface area contributed by atoms with Crippen molar-refractivity contribution in [2.24, 2.45) is 5.41 Å². The van der Waals surface area contributed by atoms with E-state index in [4.69, 9.17) is 9.72 Å². The fourth-order valence-corrected chi connectivity index (χ4v) is 5.82. The van der Waals surface area contributed by atoms with Crippen LogP contribution in [-0.2, 0) is 16.4 Å². The Morgan fingerprint density at radius 1 is 1.07 bits per heavy atom. The van der Waals surface area contributed by atoms with Crippen molar-refractivity contribution in [2.45, 2.75) is 51.1 Å². The molecule has 6 rings (SSSR count). The second-order valence-electron chi connectivity index (χ2n) is 11.4. The number of carbonyl (C=O) groups excluding carboxylic acids is 1. The van der Waals surface area contributed by atoms with Gasteiger partial charge in [0.25, 0.3) is 5.91 Å². The van der Waals surface area contributed by atoms with Crippen LogP contribution in [0, 0.1) is 5.41 Å². The van der Waals surface area contributed by atoms with Crippen molar-refractivity contribution in [1.29, 1.82) is 0 Å². The zero-order valence-electron chi connectivity index (χ0n) is 23.3. The molecule has 14 heteroatoms. The Morgan fingerprint density at radius 2 is 1.79 bits per heavy atom. The zero-order chi connectivity index (χ0) is 30.9. The van der Waals surface area contributed by atoms with E-state index in [1.165, 1.54) is 25.4 Å². The maximum absolute atomic E-state index is 16.1. The van der Waals surface area contributed by atoms with Gasteiger partial charge >= 0.3 is 12.1 Å². The van der Waals surface area contributed by atoms with Gasteiger partial charge in [0.2, 0.25) is 0 Å². The third-order valence-electron chi connectivity index (χ3n) is 8.58. The number of fused-ring (bicyclic) bond motifs is 2. The van der Waals surface area contributed by atoms with Gasteiger partial charge in [-0.3, -0.25) is 14.0 Å². The van der Waals surface area contributed by atoms with Crippen LogP contribution in [0.2, 0.25) is 0 Å². The first-order chi connectivity index (χ1) is 20.3. The van der Waals surface area contributed by atoms with E-state index < -0.39 is 34.4 Å². The lowest BCUT2D eigenvalue weighted by Crippen LogP contribution is -2.39. The average molecular weight is 599 g/mol. The minimum atomic E-state index is -4.63. The molecule has 2 aliphatic rings. The summed E-state index contributed by atoms with van der Waals surface area (Å²) in [6.07, 6.45) is 1.35. The summed E-state index contributed by atoms with van der Waals surface area (Å²) in [5.74, 6) is -1.36. The SMILES string of the molecule is COc1cc(C(=O)Nc2cc(C(F)(F)F)ccn2)cc2c1-c1nc(C3(C)CCC(C)(C(=O)O)CC3)n3ccnc(c13)N2F. The van der Waals surface area contributed by atoms with Crippen molar-refractivity contribution in [3.8, 4) is 17.0 Å². The highest BCUT2D eigenvalue weighted by molar-refractivity contribution is 6.08. The van der Waals surface area contributed by atoms with Gasteiger partial charge in [0.15, 0.2) is 5.82 Å². The van der Waals surface area contributed by atoms with Crippen LogP contribution in [0.25, 0.3) is 16.8 Å². The van der Waals surface area contributed by atoms with Crippen LogP contribution in [0.4, 0.5) is 35.0 Å². The molecule has 1 saturated carbocycles. The van der Waals surface area contributed by atoms with Crippen LogP contribution >= 0.6 is 0 Å². The van der Waals surface area contributed by atoms with E-state index in [0.717, 1.165) is 12.3 Å². The topological polar surface area (TPSA) is 122 Å². The monoisotopic (exact) mass is 598 g/mol. The molecular formula is C29H26F4N6O4. The molecule has 1 aromatic carbocycles. The summed E-state index contributed by atoms with van der Waals surface area (Å²) in [5, 5.41) is 12.4. The normalized spacial score (nSPS) is 21.4. The molecule has 224 valence electrons. The van der Waals surface area contributed by atoms with Crippen LogP contribution in [0.15, 0.2) is 42.9 Å². The molecule has 2 N–H and O–H groups in total. The third-order valence-corrected chi connectivity index (χ3v) is 8.58. The minimum Gasteiger partial charge on any atom is -0.496 e. The van der Waals surface area contributed by atoms with E-state index >= 15 is 4.48 Å². The Hall–Kier alpha value is -4.75. The first kappa shape index (κ1) is 28.4. The van der Waals surface area contributed by atoms with Crippen LogP contribution in [0.1, 0.15) is 61.3 Å².